The third-order valence-electron chi connectivity index (χ3n) is 2.91. The molecule has 0 N–H and O–H groups in total. The smallest absolute Gasteiger partial charge is 0.314 e. The zero-order valence-corrected chi connectivity index (χ0v) is 10.7. The van der Waals surface area contributed by atoms with Gasteiger partial charge in [0.05, 0.1) is 10.2 Å². The molecular formula is C14H11N3S. The van der Waals surface area contributed by atoms with E-state index in [1.807, 2.05) is 24.3 Å². The van der Waals surface area contributed by atoms with Crippen LogP contribution < -0.4 is 0 Å². The number of aromatic nitrogens is 1. The van der Waals surface area contributed by atoms with Crippen molar-refractivity contribution in [2.45, 2.75) is 12.8 Å². The van der Waals surface area contributed by atoms with Crippen LogP contribution in [-0.4, -0.2) is 15.5 Å². The van der Waals surface area contributed by atoms with Gasteiger partial charge in [0, 0.05) is 18.1 Å². The van der Waals surface area contributed by atoms with Gasteiger partial charge < -0.3 is 5.53 Å². The molecule has 1 aromatic carbocycles. The van der Waals surface area contributed by atoms with Gasteiger partial charge in [-0.05, 0) is 24.6 Å². The van der Waals surface area contributed by atoms with E-state index >= 15 is 0 Å². The van der Waals surface area contributed by atoms with Gasteiger partial charge in [0.1, 0.15) is 5.01 Å². The Morgan fingerprint density at radius 3 is 2.78 bits per heavy atom. The van der Waals surface area contributed by atoms with Gasteiger partial charge in [0.25, 0.3) is 0 Å². The quantitative estimate of drug-likeness (QED) is 0.567. The molecule has 0 fully saturated rings. The van der Waals surface area contributed by atoms with Crippen LogP contribution in [0.4, 0.5) is 0 Å². The molecule has 0 spiro atoms. The summed E-state index contributed by atoms with van der Waals surface area (Å²) in [5, 5.41) is 1.07. The Morgan fingerprint density at radius 2 is 2.06 bits per heavy atom. The van der Waals surface area contributed by atoms with Crippen molar-refractivity contribution in [1.82, 2.24) is 4.98 Å². The lowest BCUT2D eigenvalue weighted by atomic mass is 10.0. The molecule has 0 aliphatic heterocycles. The van der Waals surface area contributed by atoms with Gasteiger partial charge in [0.2, 0.25) is 0 Å². The fraction of sp³-hybridized carbons (Fsp3) is 0.143. The van der Waals surface area contributed by atoms with Gasteiger partial charge >= 0.3 is 5.71 Å². The molecule has 2 aromatic rings. The third-order valence-corrected chi connectivity index (χ3v) is 4.03. The van der Waals surface area contributed by atoms with Crippen LogP contribution in [0, 0.1) is 6.92 Å². The SMILES string of the molecule is Cc1ccc2nc(C3C=CC(=[N+]=[N-])C=C3)sc2c1. The summed E-state index contributed by atoms with van der Waals surface area (Å²) in [6.45, 7) is 2.09. The average molecular weight is 253 g/mol. The molecular weight excluding hydrogens is 242 g/mol. The number of allylic oxidation sites excluding steroid dienone is 4. The van der Waals surface area contributed by atoms with Crippen LogP contribution in [0.1, 0.15) is 16.5 Å². The van der Waals surface area contributed by atoms with Gasteiger partial charge in [-0.15, -0.1) is 11.3 Å². The van der Waals surface area contributed by atoms with Crippen molar-refractivity contribution in [3.05, 3.63) is 58.6 Å². The third kappa shape index (κ3) is 1.92. The lowest BCUT2D eigenvalue weighted by Gasteiger charge is -2.04. The van der Waals surface area contributed by atoms with Gasteiger partial charge in [-0.2, -0.15) is 4.79 Å². The van der Waals surface area contributed by atoms with E-state index in [1.54, 1.807) is 11.3 Å². The Bertz CT molecular complexity index is 702. The predicted octanol–water partition coefficient (Wildman–Crippen LogP) is 3.49. The average Bonchev–Trinajstić information content (AvgIpc) is 2.81. The zero-order chi connectivity index (χ0) is 12.5. The maximum absolute atomic E-state index is 8.67. The number of benzene rings is 1. The number of aryl methyl sites for hydroxylation is 1. The molecule has 0 radical (unpaired) electrons. The Labute approximate surface area is 109 Å². The summed E-state index contributed by atoms with van der Waals surface area (Å²) < 4.78 is 1.22. The zero-order valence-electron chi connectivity index (χ0n) is 9.87. The van der Waals surface area contributed by atoms with Crippen LogP contribution in [-0.2, 0) is 0 Å². The number of nitrogens with zero attached hydrogens (tertiary/aromatic N) is 3. The minimum absolute atomic E-state index is 0.174. The van der Waals surface area contributed by atoms with Crippen molar-refractivity contribution in [2.75, 3.05) is 0 Å². The highest BCUT2D eigenvalue weighted by Gasteiger charge is 2.15. The summed E-state index contributed by atoms with van der Waals surface area (Å²) in [6.07, 6.45) is 7.61. The molecule has 0 saturated carbocycles. The van der Waals surface area contributed by atoms with Crippen LogP contribution in [0.15, 0.2) is 42.5 Å². The fourth-order valence-electron chi connectivity index (χ4n) is 1.95. The molecule has 0 bridgehead atoms. The van der Waals surface area contributed by atoms with Crippen molar-refractivity contribution >= 4 is 27.3 Å². The summed E-state index contributed by atoms with van der Waals surface area (Å²) in [7, 11) is 0. The van der Waals surface area contributed by atoms with E-state index in [4.69, 9.17) is 5.53 Å². The second-order valence-electron chi connectivity index (χ2n) is 4.29. The Hall–Kier alpha value is -2.03. The molecule has 1 aliphatic rings. The molecule has 0 unspecified atom stereocenters. The monoisotopic (exact) mass is 253 g/mol. The molecule has 3 nitrogen and oxygen atoms in total. The van der Waals surface area contributed by atoms with E-state index < -0.39 is 0 Å². The lowest BCUT2D eigenvalue weighted by Crippen LogP contribution is -2.00. The second kappa shape index (κ2) is 4.33. The van der Waals surface area contributed by atoms with Gasteiger partial charge in [-0.3, -0.25) is 0 Å². The highest BCUT2D eigenvalue weighted by atomic mass is 32.1. The minimum Gasteiger partial charge on any atom is -0.361 e. The molecule has 3 rings (SSSR count). The van der Waals surface area contributed by atoms with Crippen molar-refractivity contribution in [2.24, 2.45) is 0 Å². The van der Waals surface area contributed by atoms with Crippen LogP contribution in [0.25, 0.3) is 15.7 Å². The van der Waals surface area contributed by atoms with E-state index in [0.717, 1.165) is 10.5 Å². The van der Waals surface area contributed by atoms with Crippen molar-refractivity contribution in [1.29, 1.82) is 0 Å². The second-order valence-corrected chi connectivity index (χ2v) is 5.35. The summed E-state index contributed by atoms with van der Waals surface area (Å²) in [5.41, 5.74) is 11.5. The minimum atomic E-state index is 0.174. The van der Waals surface area contributed by atoms with Gasteiger partial charge in [-0.1, -0.05) is 18.2 Å². The van der Waals surface area contributed by atoms with E-state index in [-0.39, 0.29) is 5.92 Å². The van der Waals surface area contributed by atoms with Crippen molar-refractivity contribution in [3.63, 3.8) is 0 Å². The summed E-state index contributed by atoms with van der Waals surface area (Å²) in [4.78, 5) is 7.80. The van der Waals surface area contributed by atoms with E-state index in [1.165, 1.54) is 10.3 Å². The van der Waals surface area contributed by atoms with Gasteiger partial charge in [-0.25, -0.2) is 4.98 Å². The maximum atomic E-state index is 8.67. The molecule has 1 heterocycles. The highest BCUT2D eigenvalue weighted by molar-refractivity contribution is 7.18. The Kier molecular flexibility index (Phi) is 2.67. The van der Waals surface area contributed by atoms with E-state index in [0.29, 0.717) is 5.71 Å². The molecule has 1 aliphatic carbocycles. The summed E-state index contributed by atoms with van der Waals surface area (Å²) in [6, 6.07) is 6.30. The van der Waals surface area contributed by atoms with Crippen LogP contribution in [0.5, 0.6) is 0 Å². The fourth-order valence-corrected chi connectivity index (χ4v) is 3.07. The molecule has 0 amide bonds. The molecule has 1 aromatic heterocycles. The van der Waals surface area contributed by atoms with E-state index in [2.05, 4.69) is 34.9 Å². The predicted molar refractivity (Wildman–Crippen MR) is 74.0 cm³/mol. The normalized spacial score (nSPS) is 18.3. The first kappa shape index (κ1) is 11.1. The first-order valence-electron chi connectivity index (χ1n) is 5.72. The highest BCUT2D eigenvalue weighted by Crippen LogP contribution is 2.30. The molecule has 4 heteroatoms. The molecule has 88 valence electrons. The van der Waals surface area contributed by atoms with Crippen LogP contribution >= 0.6 is 11.3 Å². The van der Waals surface area contributed by atoms with Crippen molar-refractivity contribution < 1.29 is 4.79 Å². The maximum Gasteiger partial charge on any atom is 0.314 e. The van der Waals surface area contributed by atoms with Crippen LogP contribution in [0.3, 0.4) is 0 Å². The number of rotatable bonds is 1. The van der Waals surface area contributed by atoms with E-state index in [9.17, 15) is 0 Å². The topological polar surface area (TPSA) is 49.3 Å². The molecule has 18 heavy (non-hydrogen) atoms. The van der Waals surface area contributed by atoms with Crippen LogP contribution in [0.2, 0.25) is 0 Å². The van der Waals surface area contributed by atoms with Crippen molar-refractivity contribution in [3.8, 4) is 0 Å². The first-order valence-corrected chi connectivity index (χ1v) is 6.53. The lowest BCUT2D eigenvalue weighted by molar-refractivity contribution is -0.00163. The number of fused-ring (bicyclic) bond motifs is 1. The van der Waals surface area contributed by atoms with Gasteiger partial charge in [0.15, 0.2) is 0 Å². The number of hydrogen-bond acceptors (Lipinski definition) is 2. The standard InChI is InChI=1S/C14H11N3S/c1-9-2-7-12-13(8-9)18-14(16-12)10-3-5-11(17-15)6-4-10/h2-8,10H,1H3. The Balaban J connectivity index is 2.01. The Morgan fingerprint density at radius 1 is 1.28 bits per heavy atom. The first-order chi connectivity index (χ1) is 8.76. The largest absolute Gasteiger partial charge is 0.361 e. The number of hydrogen-bond donors (Lipinski definition) is 0. The summed E-state index contributed by atoms with van der Waals surface area (Å²) in [5.74, 6) is 0.174. The molecule has 0 saturated heterocycles. The summed E-state index contributed by atoms with van der Waals surface area (Å²) >= 11 is 1.71. The number of thiazole rings is 1. The molecule has 0 atom stereocenters.